The molecule has 2 aromatic rings. The number of rotatable bonds is 1. The molecule has 0 saturated carbocycles. The normalized spacial score (nSPS) is 12.1. The number of aryl methyl sites for hydroxylation is 1. The molecule has 0 fully saturated rings. The van der Waals surface area contributed by atoms with Crippen molar-refractivity contribution in [2.24, 2.45) is 0 Å². The number of fused-ring (bicyclic) bond motifs is 1. The predicted octanol–water partition coefficient (Wildman–Crippen LogP) is 3.45. The van der Waals surface area contributed by atoms with Gasteiger partial charge < -0.3 is 4.98 Å². The number of alkyl halides is 3. The van der Waals surface area contributed by atoms with Crippen LogP contribution in [0, 0.1) is 12.7 Å². The first-order chi connectivity index (χ1) is 7.84. The van der Waals surface area contributed by atoms with Gasteiger partial charge in [0, 0.05) is 10.9 Å². The van der Waals surface area contributed by atoms with Crippen LogP contribution in [0.4, 0.5) is 17.6 Å². The highest BCUT2D eigenvalue weighted by Gasteiger charge is 2.35. The predicted molar refractivity (Wildman–Crippen MR) is 53.4 cm³/mol. The molecule has 1 heterocycles. The van der Waals surface area contributed by atoms with E-state index in [0.717, 1.165) is 12.1 Å². The van der Waals surface area contributed by atoms with Crippen LogP contribution in [0.2, 0.25) is 0 Å². The molecule has 0 radical (unpaired) electrons. The van der Waals surface area contributed by atoms with Gasteiger partial charge in [-0.2, -0.15) is 13.2 Å². The lowest BCUT2D eigenvalue weighted by Gasteiger charge is -2.04. The molecule has 0 aliphatic carbocycles. The van der Waals surface area contributed by atoms with Crippen molar-refractivity contribution in [1.29, 1.82) is 0 Å². The third kappa shape index (κ3) is 1.79. The van der Waals surface area contributed by atoms with Crippen LogP contribution in [-0.4, -0.2) is 11.3 Å². The van der Waals surface area contributed by atoms with Gasteiger partial charge in [-0.1, -0.05) is 0 Å². The lowest BCUT2D eigenvalue weighted by atomic mass is 10.1. The monoisotopic (exact) mass is 245 g/mol. The Morgan fingerprint density at radius 2 is 1.94 bits per heavy atom. The summed E-state index contributed by atoms with van der Waals surface area (Å²) in [6.07, 6.45) is -4.23. The van der Waals surface area contributed by atoms with E-state index in [0.29, 0.717) is 6.29 Å². The number of carbonyl (C=O) groups excluding carboxylic acids is 1. The van der Waals surface area contributed by atoms with Gasteiger partial charge in [-0.05, 0) is 24.6 Å². The fourth-order valence-corrected chi connectivity index (χ4v) is 1.79. The quantitative estimate of drug-likeness (QED) is 0.605. The molecular formula is C11H7F4NO. The fraction of sp³-hybridized carbons (Fsp3) is 0.182. The number of hydrogen-bond acceptors (Lipinski definition) is 1. The maximum Gasteiger partial charge on any atom is 0.431 e. The van der Waals surface area contributed by atoms with Crippen LogP contribution in [0.1, 0.15) is 21.6 Å². The summed E-state index contributed by atoms with van der Waals surface area (Å²) in [6.45, 7) is 1.23. The van der Waals surface area contributed by atoms with Gasteiger partial charge in [0.1, 0.15) is 11.5 Å². The van der Waals surface area contributed by atoms with E-state index < -0.39 is 17.7 Å². The summed E-state index contributed by atoms with van der Waals surface area (Å²) in [4.78, 5) is 12.8. The smallest absolute Gasteiger partial charge is 0.350 e. The van der Waals surface area contributed by atoms with E-state index in [1.807, 2.05) is 0 Å². The summed E-state index contributed by atoms with van der Waals surface area (Å²) in [5.41, 5.74) is -1.19. The highest BCUT2D eigenvalue weighted by Crippen LogP contribution is 2.35. The van der Waals surface area contributed by atoms with Crippen LogP contribution in [0.25, 0.3) is 10.9 Å². The first-order valence-electron chi connectivity index (χ1n) is 4.69. The van der Waals surface area contributed by atoms with E-state index in [1.54, 1.807) is 0 Å². The number of benzene rings is 1. The van der Waals surface area contributed by atoms with Crippen LogP contribution >= 0.6 is 0 Å². The van der Waals surface area contributed by atoms with E-state index in [2.05, 4.69) is 4.98 Å². The van der Waals surface area contributed by atoms with Gasteiger partial charge in [0.15, 0.2) is 6.29 Å². The number of H-pyrrole nitrogens is 1. The van der Waals surface area contributed by atoms with Gasteiger partial charge in [-0.15, -0.1) is 0 Å². The second-order valence-electron chi connectivity index (χ2n) is 3.66. The van der Waals surface area contributed by atoms with Crippen molar-refractivity contribution in [3.05, 3.63) is 34.8 Å². The zero-order valence-corrected chi connectivity index (χ0v) is 8.65. The summed E-state index contributed by atoms with van der Waals surface area (Å²) in [5, 5.41) is 0.0689. The molecule has 0 atom stereocenters. The minimum absolute atomic E-state index is 0.00576. The van der Waals surface area contributed by atoms with Gasteiger partial charge in [0.25, 0.3) is 0 Å². The van der Waals surface area contributed by atoms with Gasteiger partial charge in [-0.3, -0.25) is 4.79 Å². The molecule has 0 spiro atoms. The first kappa shape index (κ1) is 11.6. The fourth-order valence-electron chi connectivity index (χ4n) is 1.79. The van der Waals surface area contributed by atoms with Crippen molar-refractivity contribution in [3.8, 4) is 0 Å². The summed E-state index contributed by atoms with van der Waals surface area (Å²) in [5.74, 6) is -0.740. The molecule has 17 heavy (non-hydrogen) atoms. The summed E-state index contributed by atoms with van der Waals surface area (Å²) in [7, 11) is 0. The third-order valence-electron chi connectivity index (χ3n) is 2.57. The van der Waals surface area contributed by atoms with E-state index >= 15 is 0 Å². The van der Waals surface area contributed by atoms with Crippen molar-refractivity contribution in [2.45, 2.75) is 13.1 Å². The molecule has 6 heteroatoms. The average molecular weight is 245 g/mol. The highest BCUT2D eigenvalue weighted by molar-refractivity contribution is 5.98. The molecule has 0 bridgehead atoms. The number of aldehydes is 1. The largest absolute Gasteiger partial charge is 0.431 e. The Morgan fingerprint density at radius 1 is 1.29 bits per heavy atom. The van der Waals surface area contributed by atoms with Crippen molar-refractivity contribution >= 4 is 17.2 Å². The van der Waals surface area contributed by atoms with E-state index in [9.17, 15) is 22.4 Å². The number of aromatic amines is 1. The maximum absolute atomic E-state index is 13.1. The zero-order valence-electron chi connectivity index (χ0n) is 8.65. The minimum Gasteiger partial charge on any atom is -0.350 e. The topological polar surface area (TPSA) is 32.9 Å². The molecule has 1 N–H and O–H groups in total. The Bertz CT molecular complexity index is 598. The number of hydrogen-bond donors (Lipinski definition) is 1. The molecule has 0 saturated heterocycles. The minimum atomic E-state index is -4.56. The molecule has 0 unspecified atom stereocenters. The van der Waals surface area contributed by atoms with Gasteiger partial charge in [0.05, 0.1) is 5.52 Å². The molecule has 2 rings (SSSR count). The van der Waals surface area contributed by atoms with Crippen LogP contribution in [-0.2, 0) is 6.18 Å². The standard InChI is InChI=1S/C11H7F4NO/c1-5-8-3-7(12)2-6(4-17)9(8)16-10(5)11(13,14)15/h2-4,16H,1H3. The van der Waals surface area contributed by atoms with Gasteiger partial charge >= 0.3 is 6.18 Å². The lowest BCUT2D eigenvalue weighted by Crippen LogP contribution is -2.06. The summed E-state index contributed by atoms with van der Waals surface area (Å²) >= 11 is 0. The summed E-state index contributed by atoms with van der Waals surface area (Å²) < 4.78 is 50.9. The van der Waals surface area contributed by atoms with E-state index in [-0.39, 0.29) is 22.0 Å². The number of aromatic nitrogens is 1. The molecule has 90 valence electrons. The molecule has 2 nitrogen and oxygen atoms in total. The SMILES string of the molecule is Cc1c(C(F)(F)F)[nH]c2c(C=O)cc(F)cc12. The van der Waals surface area contributed by atoms with Crippen LogP contribution < -0.4 is 0 Å². The van der Waals surface area contributed by atoms with Gasteiger partial charge in [-0.25, -0.2) is 4.39 Å². The number of nitrogens with one attached hydrogen (secondary N) is 1. The molecule has 1 aromatic carbocycles. The molecule has 0 aliphatic rings. The maximum atomic E-state index is 13.1. The Balaban J connectivity index is 2.86. The second-order valence-corrected chi connectivity index (χ2v) is 3.66. The number of halogens is 4. The van der Waals surface area contributed by atoms with Crippen LogP contribution in [0.15, 0.2) is 12.1 Å². The first-order valence-corrected chi connectivity index (χ1v) is 4.69. The summed E-state index contributed by atoms with van der Waals surface area (Å²) in [6, 6.07) is 1.87. The molecule has 0 amide bonds. The third-order valence-corrected chi connectivity index (χ3v) is 2.57. The Hall–Kier alpha value is -1.85. The second kappa shape index (κ2) is 3.58. The van der Waals surface area contributed by atoms with Crippen molar-refractivity contribution in [1.82, 2.24) is 4.98 Å². The zero-order chi connectivity index (χ0) is 12.8. The average Bonchev–Trinajstić information content (AvgIpc) is 2.55. The number of carbonyl (C=O) groups is 1. The van der Waals surface area contributed by atoms with E-state index in [4.69, 9.17) is 0 Å². The van der Waals surface area contributed by atoms with Crippen molar-refractivity contribution in [3.63, 3.8) is 0 Å². The highest BCUT2D eigenvalue weighted by atomic mass is 19.4. The molecule has 1 aromatic heterocycles. The molecule has 0 aliphatic heterocycles. The van der Waals surface area contributed by atoms with Crippen LogP contribution in [0.3, 0.4) is 0 Å². The molecular weight excluding hydrogens is 238 g/mol. The van der Waals surface area contributed by atoms with E-state index in [1.165, 1.54) is 6.92 Å². The van der Waals surface area contributed by atoms with Crippen molar-refractivity contribution in [2.75, 3.05) is 0 Å². The van der Waals surface area contributed by atoms with Crippen LogP contribution in [0.5, 0.6) is 0 Å². The Kier molecular flexibility index (Phi) is 2.45. The van der Waals surface area contributed by atoms with Crippen molar-refractivity contribution < 1.29 is 22.4 Å². The Labute approximate surface area is 93.2 Å². The lowest BCUT2D eigenvalue weighted by molar-refractivity contribution is -0.141. The van der Waals surface area contributed by atoms with Gasteiger partial charge in [0.2, 0.25) is 0 Å². The Morgan fingerprint density at radius 3 is 2.47 bits per heavy atom.